The average molecular weight is 333 g/mol. The Hall–Kier alpha value is -2.24. The lowest BCUT2D eigenvalue weighted by Crippen LogP contribution is -2.32. The van der Waals surface area contributed by atoms with Crippen LogP contribution in [0.5, 0.6) is 5.75 Å². The van der Waals surface area contributed by atoms with Crippen molar-refractivity contribution in [3.05, 3.63) is 58.6 Å². The van der Waals surface area contributed by atoms with Gasteiger partial charge in [-0.25, -0.2) is 4.79 Å². The van der Waals surface area contributed by atoms with E-state index in [1.165, 1.54) is 0 Å². The zero-order chi connectivity index (χ0) is 16.2. The second kappa shape index (κ2) is 6.89. The summed E-state index contributed by atoms with van der Waals surface area (Å²) in [5.74, 6) is 0.866. The molecular weight excluding hydrogens is 316 g/mol. The SMILES string of the molecule is O=C(NCC(O)c1ccc2c(c1)CCO2)Nc1ccccc1Cl. The molecule has 0 aromatic heterocycles. The lowest BCUT2D eigenvalue weighted by atomic mass is 10.0. The summed E-state index contributed by atoms with van der Waals surface area (Å²) in [5, 5.41) is 16.0. The minimum atomic E-state index is -0.780. The number of urea groups is 1. The van der Waals surface area contributed by atoms with Crippen LogP contribution in [-0.2, 0) is 6.42 Å². The summed E-state index contributed by atoms with van der Waals surface area (Å²) in [7, 11) is 0. The minimum Gasteiger partial charge on any atom is -0.493 e. The van der Waals surface area contributed by atoms with E-state index in [4.69, 9.17) is 16.3 Å². The third kappa shape index (κ3) is 3.75. The van der Waals surface area contributed by atoms with Crippen molar-refractivity contribution in [2.45, 2.75) is 12.5 Å². The zero-order valence-electron chi connectivity index (χ0n) is 12.4. The highest BCUT2D eigenvalue weighted by Gasteiger charge is 2.16. The van der Waals surface area contributed by atoms with E-state index in [1.807, 2.05) is 18.2 Å². The Morgan fingerprint density at radius 1 is 1.30 bits per heavy atom. The maximum atomic E-state index is 11.9. The van der Waals surface area contributed by atoms with Gasteiger partial charge in [0.1, 0.15) is 5.75 Å². The summed E-state index contributed by atoms with van der Waals surface area (Å²) in [6.45, 7) is 0.781. The van der Waals surface area contributed by atoms with Gasteiger partial charge in [0, 0.05) is 13.0 Å². The topological polar surface area (TPSA) is 70.6 Å². The van der Waals surface area contributed by atoms with Crippen molar-refractivity contribution in [2.24, 2.45) is 0 Å². The maximum Gasteiger partial charge on any atom is 0.319 e. The monoisotopic (exact) mass is 332 g/mol. The lowest BCUT2D eigenvalue weighted by molar-refractivity contribution is 0.175. The molecule has 6 heteroatoms. The van der Waals surface area contributed by atoms with Crippen LogP contribution in [0.3, 0.4) is 0 Å². The van der Waals surface area contributed by atoms with Gasteiger partial charge in [-0.05, 0) is 35.4 Å². The molecule has 0 fully saturated rings. The molecule has 3 rings (SSSR count). The molecule has 0 radical (unpaired) electrons. The number of carbonyl (C=O) groups excluding carboxylic acids is 1. The number of benzene rings is 2. The number of rotatable bonds is 4. The van der Waals surface area contributed by atoms with Gasteiger partial charge < -0.3 is 20.5 Å². The Bertz CT molecular complexity index is 721. The van der Waals surface area contributed by atoms with Crippen molar-refractivity contribution in [1.29, 1.82) is 0 Å². The molecule has 1 aliphatic rings. The third-order valence-electron chi connectivity index (χ3n) is 3.68. The van der Waals surface area contributed by atoms with E-state index in [0.717, 1.165) is 23.3 Å². The van der Waals surface area contributed by atoms with Crippen LogP contribution in [0.15, 0.2) is 42.5 Å². The summed E-state index contributed by atoms with van der Waals surface area (Å²) in [6, 6.07) is 12.1. The molecule has 0 spiro atoms. The number of amides is 2. The number of anilines is 1. The standard InChI is InChI=1S/C17H17ClN2O3/c18-13-3-1-2-4-14(13)20-17(22)19-10-15(21)11-5-6-16-12(9-11)7-8-23-16/h1-6,9,15,21H,7-8,10H2,(H2,19,20,22). The molecule has 120 valence electrons. The van der Waals surface area contributed by atoms with E-state index in [0.29, 0.717) is 17.3 Å². The van der Waals surface area contributed by atoms with Crippen LogP contribution in [0.25, 0.3) is 0 Å². The van der Waals surface area contributed by atoms with E-state index in [2.05, 4.69) is 10.6 Å². The fraction of sp³-hybridized carbons (Fsp3) is 0.235. The number of hydrogen-bond donors (Lipinski definition) is 3. The Morgan fingerprint density at radius 3 is 2.96 bits per heavy atom. The van der Waals surface area contributed by atoms with Crippen LogP contribution < -0.4 is 15.4 Å². The summed E-state index contributed by atoms with van der Waals surface area (Å²) in [4.78, 5) is 11.9. The van der Waals surface area contributed by atoms with Crippen molar-refractivity contribution >= 4 is 23.3 Å². The van der Waals surface area contributed by atoms with Crippen molar-refractivity contribution < 1.29 is 14.6 Å². The van der Waals surface area contributed by atoms with Crippen LogP contribution in [0, 0.1) is 0 Å². The van der Waals surface area contributed by atoms with E-state index in [9.17, 15) is 9.90 Å². The predicted molar refractivity (Wildman–Crippen MR) is 89.1 cm³/mol. The minimum absolute atomic E-state index is 0.107. The first-order chi connectivity index (χ1) is 11.1. The van der Waals surface area contributed by atoms with Gasteiger partial charge in [0.2, 0.25) is 0 Å². The van der Waals surface area contributed by atoms with Crippen molar-refractivity contribution in [3.8, 4) is 5.75 Å². The number of hydrogen-bond acceptors (Lipinski definition) is 3. The van der Waals surface area contributed by atoms with Crippen LogP contribution in [0.4, 0.5) is 10.5 Å². The largest absolute Gasteiger partial charge is 0.493 e. The zero-order valence-corrected chi connectivity index (χ0v) is 13.1. The summed E-state index contributed by atoms with van der Waals surface area (Å²) in [6.07, 6.45) is 0.0638. The highest BCUT2D eigenvalue weighted by Crippen LogP contribution is 2.28. The maximum absolute atomic E-state index is 11.9. The lowest BCUT2D eigenvalue weighted by Gasteiger charge is -2.14. The summed E-state index contributed by atoms with van der Waals surface area (Å²) >= 11 is 5.98. The average Bonchev–Trinajstić information content (AvgIpc) is 3.02. The number of aliphatic hydroxyl groups is 1. The van der Waals surface area contributed by atoms with Crippen LogP contribution in [0.1, 0.15) is 17.2 Å². The van der Waals surface area contributed by atoms with Gasteiger partial charge in [0.25, 0.3) is 0 Å². The molecule has 0 bridgehead atoms. The first kappa shape index (κ1) is 15.6. The molecule has 1 aliphatic heterocycles. The van der Waals surface area contributed by atoms with E-state index < -0.39 is 12.1 Å². The molecular formula is C17H17ClN2O3. The predicted octanol–water partition coefficient (Wildman–Crippen LogP) is 3.13. The van der Waals surface area contributed by atoms with Gasteiger partial charge in [0.05, 0.1) is 23.4 Å². The van der Waals surface area contributed by atoms with E-state index in [1.54, 1.807) is 24.3 Å². The van der Waals surface area contributed by atoms with Crippen molar-refractivity contribution in [3.63, 3.8) is 0 Å². The molecule has 1 unspecified atom stereocenters. The fourth-order valence-corrected chi connectivity index (χ4v) is 2.63. The van der Waals surface area contributed by atoms with Gasteiger partial charge in [-0.1, -0.05) is 29.8 Å². The Kier molecular flexibility index (Phi) is 4.69. The van der Waals surface area contributed by atoms with Crippen LogP contribution in [-0.4, -0.2) is 24.3 Å². The molecule has 0 aliphatic carbocycles. The Balaban J connectivity index is 1.55. The number of halogens is 1. The van der Waals surface area contributed by atoms with Gasteiger partial charge >= 0.3 is 6.03 Å². The van der Waals surface area contributed by atoms with E-state index in [-0.39, 0.29) is 6.54 Å². The Labute approximate surface area is 139 Å². The number of ether oxygens (including phenoxy) is 1. The summed E-state index contributed by atoms with van der Waals surface area (Å²) in [5.41, 5.74) is 2.37. The normalized spacial score (nSPS) is 13.8. The number of fused-ring (bicyclic) bond motifs is 1. The first-order valence-electron chi connectivity index (χ1n) is 7.36. The Morgan fingerprint density at radius 2 is 2.13 bits per heavy atom. The van der Waals surface area contributed by atoms with Gasteiger partial charge in [-0.15, -0.1) is 0 Å². The van der Waals surface area contributed by atoms with Gasteiger partial charge in [0.15, 0.2) is 0 Å². The molecule has 5 nitrogen and oxygen atoms in total. The first-order valence-corrected chi connectivity index (χ1v) is 7.74. The van der Waals surface area contributed by atoms with Gasteiger partial charge in [-0.2, -0.15) is 0 Å². The number of para-hydroxylation sites is 1. The molecule has 3 N–H and O–H groups in total. The molecule has 2 aromatic rings. The third-order valence-corrected chi connectivity index (χ3v) is 4.01. The molecule has 2 amide bonds. The van der Waals surface area contributed by atoms with Crippen LogP contribution in [0.2, 0.25) is 5.02 Å². The van der Waals surface area contributed by atoms with Gasteiger partial charge in [-0.3, -0.25) is 0 Å². The molecule has 23 heavy (non-hydrogen) atoms. The highest BCUT2D eigenvalue weighted by molar-refractivity contribution is 6.33. The number of carbonyl (C=O) groups is 1. The van der Waals surface area contributed by atoms with E-state index >= 15 is 0 Å². The highest BCUT2D eigenvalue weighted by atomic mass is 35.5. The molecule has 0 saturated heterocycles. The van der Waals surface area contributed by atoms with Crippen LogP contribution >= 0.6 is 11.6 Å². The molecule has 0 saturated carbocycles. The van der Waals surface area contributed by atoms with Crippen molar-refractivity contribution in [2.75, 3.05) is 18.5 Å². The smallest absolute Gasteiger partial charge is 0.319 e. The second-order valence-corrected chi connectivity index (χ2v) is 5.70. The molecule has 1 heterocycles. The number of nitrogens with one attached hydrogen (secondary N) is 2. The number of aliphatic hydroxyl groups excluding tert-OH is 1. The molecule has 2 aromatic carbocycles. The second-order valence-electron chi connectivity index (χ2n) is 5.30. The fourth-order valence-electron chi connectivity index (χ4n) is 2.45. The summed E-state index contributed by atoms with van der Waals surface area (Å²) < 4.78 is 5.44. The quantitative estimate of drug-likeness (QED) is 0.805. The molecule has 1 atom stereocenters. The van der Waals surface area contributed by atoms with Crippen molar-refractivity contribution in [1.82, 2.24) is 5.32 Å².